The summed E-state index contributed by atoms with van der Waals surface area (Å²) in [4.78, 5) is 2.74. The SMILES string of the molecule is CC(C)CCN(C1CC1)[C@@H](C)C(C)C. The first kappa shape index (κ1) is 12.0. The smallest absolute Gasteiger partial charge is 0.00993 e. The van der Waals surface area contributed by atoms with Gasteiger partial charge < -0.3 is 0 Å². The lowest BCUT2D eigenvalue weighted by Crippen LogP contribution is -2.39. The summed E-state index contributed by atoms with van der Waals surface area (Å²) in [6, 6.07) is 1.69. The standard InChI is InChI=1S/C13H27N/c1-10(2)8-9-14(13-6-7-13)12(5)11(3)4/h10-13H,6-9H2,1-5H3/t12-/m0/s1. The van der Waals surface area contributed by atoms with Crippen molar-refractivity contribution in [3.05, 3.63) is 0 Å². The van der Waals surface area contributed by atoms with Gasteiger partial charge in [0.05, 0.1) is 0 Å². The predicted octanol–water partition coefficient (Wildman–Crippen LogP) is 3.54. The first-order chi connectivity index (χ1) is 6.52. The summed E-state index contributed by atoms with van der Waals surface area (Å²) in [5.41, 5.74) is 0. The van der Waals surface area contributed by atoms with Gasteiger partial charge in [-0.25, -0.2) is 0 Å². The van der Waals surface area contributed by atoms with E-state index in [4.69, 9.17) is 0 Å². The molecule has 0 bridgehead atoms. The quantitative estimate of drug-likeness (QED) is 0.629. The molecular formula is C13H27N. The molecule has 0 aliphatic heterocycles. The van der Waals surface area contributed by atoms with Crippen molar-refractivity contribution in [2.75, 3.05) is 6.54 Å². The summed E-state index contributed by atoms with van der Waals surface area (Å²) in [6.07, 6.45) is 4.23. The molecule has 0 spiro atoms. The lowest BCUT2D eigenvalue weighted by Gasteiger charge is -2.32. The molecule has 0 unspecified atom stereocenters. The van der Waals surface area contributed by atoms with Crippen molar-refractivity contribution in [2.24, 2.45) is 11.8 Å². The van der Waals surface area contributed by atoms with Gasteiger partial charge in [0.1, 0.15) is 0 Å². The van der Waals surface area contributed by atoms with Crippen LogP contribution in [0.15, 0.2) is 0 Å². The fourth-order valence-corrected chi connectivity index (χ4v) is 1.92. The predicted molar refractivity (Wildman–Crippen MR) is 63.5 cm³/mol. The Morgan fingerprint density at radius 3 is 2.00 bits per heavy atom. The minimum Gasteiger partial charge on any atom is -0.297 e. The van der Waals surface area contributed by atoms with Crippen molar-refractivity contribution in [1.82, 2.24) is 4.90 Å². The van der Waals surface area contributed by atoms with Crippen LogP contribution >= 0.6 is 0 Å². The summed E-state index contributed by atoms with van der Waals surface area (Å²) < 4.78 is 0. The van der Waals surface area contributed by atoms with Crippen LogP contribution in [-0.4, -0.2) is 23.5 Å². The van der Waals surface area contributed by atoms with Gasteiger partial charge in [-0.2, -0.15) is 0 Å². The number of rotatable bonds is 6. The Bertz CT molecular complexity index is 159. The molecule has 1 fully saturated rings. The Balaban J connectivity index is 2.38. The maximum atomic E-state index is 2.74. The zero-order valence-corrected chi connectivity index (χ0v) is 10.6. The molecule has 14 heavy (non-hydrogen) atoms. The minimum absolute atomic E-state index is 0.765. The molecular weight excluding hydrogens is 170 g/mol. The molecule has 1 aliphatic rings. The minimum atomic E-state index is 0.765. The molecule has 0 N–H and O–H groups in total. The van der Waals surface area contributed by atoms with Gasteiger partial charge in [-0.05, 0) is 44.6 Å². The molecule has 0 heterocycles. The van der Waals surface area contributed by atoms with E-state index >= 15 is 0 Å². The molecule has 0 aromatic rings. The van der Waals surface area contributed by atoms with Crippen molar-refractivity contribution >= 4 is 0 Å². The Morgan fingerprint density at radius 1 is 1.07 bits per heavy atom. The first-order valence-corrected chi connectivity index (χ1v) is 6.28. The van der Waals surface area contributed by atoms with E-state index in [1.54, 1.807) is 0 Å². The van der Waals surface area contributed by atoms with E-state index in [0.717, 1.165) is 23.9 Å². The summed E-state index contributed by atoms with van der Waals surface area (Å²) >= 11 is 0. The maximum absolute atomic E-state index is 2.74. The van der Waals surface area contributed by atoms with Crippen LogP contribution in [0, 0.1) is 11.8 Å². The molecule has 0 saturated heterocycles. The van der Waals surface area contributed by atoms with E-state index in [2.05, 4.69) is 39.5 Å². The van der Waals surface area contributed by atoms with Gasteiger partial charge in [-0.3, -0.25) is 4.90 Å². The van der Waals surface area contributed by atoms with Crippen LogP contribution < -0.4 is 0 Å². The van der Waals surface area contributed by atoms with Gasteiger partial charge in [-0.1, -0.05) is 27.7 Å². The molecule has 1 nitrogen and oxygen atoms in total. The molecule has 1 saturated carbocycles. The fourth-order valence-electron chi connectivity index (χ4n) is 1.92. The molecule has 0 aromatic carbocycles. The molecule has 0 aromatic heterocycles. The molecule has 1 atom stereocenters. The van der Waals surface area contributed by atoms with Crippen molar-refractivity contribution in [1.29, 1.82) is 0 Å². The highest BCUT2D eigenvalue weighted by Crippen LogP contribution is 2.30. The van der Waals surface area contributed by atoms with Crippen LogP contribution in [0.4, 0.5) is 0 Å². The molecule has 1 aliphatic carbocycles. The van der Waals surface area contributed by atoms with Gasteiger partial charge >= 0.3 is 0 Å². The third-order valence-corrected chi connectivity index (χ3v) is 3.47. The van der Waals surface area contributed by atoms with Crippen LogP contribution in [-0.2, 0) is 0 Å². The zero-order valence-electron chi connectivity index (χ0n) is 10.6. The highest BCUT2D eigenvalue weighted by Gasteiger charge is 2.32. The first-order valence-electron chi connectivity index (χ1n) is 6.28. The summed E-state index contributed by atoms with van der Waals surface area (Å²) in [7, 11) is 0. The van der Waals surface area contributed by atoms with Crippen molar-refractivity contribution < 1.29 is 0 Å². The van der Waals surface area contributed by atoms with Gasteiger partial charge in [0, 0.05) is 12.1 Å². The Morgan fingerprint density at radius 2 is 1.64 bits per heavy atom. The fraction of sp³-hybridized carbons (Fsp3) is 1.00. The summed E-state index contributed by atoms with van der Waals surface area (Å²) in [6.45, 7) is 13.0. The summed E-state index contributed by atoms with van der Waals surface area (Å²) in [5.74, 6) is 1.64. The second-order valence-electron chi connectivity index (χ2n) is 5.64. The van der Waals surface area contributed by atoms with E-state index in [9.17, 15) is 0 Å². The monoisotopic (exact) mass is 197 g/mol. The van der Waals surface area contributed by atoms with E-state index in [-0.39, 0.29) is 0 Å². The largest absolute Gasteiger partial charge is 0.297 e. The van der Waals surface area contributed by atoms with Crippen LogP contribution in [0.25, 0.3) is 0 Å². The number of hydrogen-bond donors (Lipinski definition) is 0. The van der Waals surface area contributed by atoms with E-state index in [1.807, 2.05) is 0 Å². The third kappa shape index (κ3) is 3.61. The lowest BCUT2D eigenvalue weighted by molar-refractivity contribution is 0.151. The molecule has 0 radical (unpaired) electrons. The van der Waals surface area contributed by atoms with Gasteiger partial charge in [-0.15, -0.1) is 0 Å². The molecule has 84 valence electrons. The van der Waals surface area contributed by atoms with Crippen LogP contribution in [0.3, 0.4) is 0 Å². The second kappa shape index (κ2) is 5.16. The summed E-state index contributed by atoms with van der Waals surface area (Å²) in [5, 5.41) is 0. The van der Waals surface area contributed by atoms with Crippen molar-refractivity contribution in [2.45, 2.75) is 66.0 Å². The number of nitrogens with zero attached hydrogens (tertiary/aromatic N) is 1. The van der Waals surface area contributed by atoms with Crippen molar-refractivity contribution in [3.63, 3.8) is 0 Å². The second-order valence-corrected chi connectivity index (χ2v) is 5.64. The van der Waals surface area contributed by atoms with Gasteiger partial charge in [0.2, 0.25) is 0 Å². The van der Waals surface area contributed by atoms with Crippen molar-refractivity contribution in [3.8, 4) is 0 Å². The Hall–Kier alpha value is -0.0400. The number of hydrogen-bond acceptors (Lipinski definition) is 1. The average Bonchev–Trinajstić information content (AvgIpc) is 2.87. The topological polar surface area (TPSA) is 3.24 Å². The molecule has 1 heteroatoms. The average molecular weight is 197 g/mol. The zero-order chi connectivity index (χ0) is 10.7. The lowest BCUT2D eigenvalue weighted by atomic mass is 10.0. The normalized spacial score (nSPS) is 19.7. The third-order valence-electron chi connectivity index (χ3n) is 3.47. The van der Waals surface area contributed by atoms with Gasteiger partial charge in [0.25, 0.3) is 0 Å². The van der Waals surface area contributed by atoms with Crippen LogP contribution in [0.1, 0.15) is 53.9 Å². The Kier molecular flexibility index (Phi) is 4.43. The van der Waals surface area contributed by atoms with E-state index in [0.29, 0.717) is 0 Å². The van der Waals surface area contributed by atoms with Crippen LogP contribution in [0.2, 0.25) is 0 Å². The Labute approximate surface area is 89.9 Å². The van der Waals surface area contributed by atoms with E-state index < -0.39 is 0 Å². The highest BCUT2D eigenvalue weighted by molar-refractivity contribution is 4.88. The maximum Gasteiger partial charge on any atom is 0.00993 e. The van der Waals surface area contributed by atoms with Gasteiger partial charge in [0.15, 0.2) is 0 Å². The van der Waals surface area contributed by atoms with E-state index in [1.165, 1.54) is 25.8 Å². The van der Waals surface area contributed by atoms with Crippen LogP contribution in [0.5, 0.6) is 0 Å². The molecule has 1 rings (SSSR count). The molecule has 0 amide bonds. The highest BCUT2D eigenvalue weighted by atomic mass is 15.2.